The van der Waals surface area contributed by atoms with E-state index in [1.165, 1.54) is 29.2 Å². The number of nitro groups is 1. The first-order valence-electron chi connectivity index (χ1n) is 8.75. The molecule has 0 bridgehead atoms. The van der Waals surface area contributed by atoms with Crippen molar-refractivity contribution in [2.75, 3.05) is 0 Å². The van der Waals surface area contributed by atoms with Crippen molar-refractivity contribution in [2.24, 2.45) is 0 Å². The Balaban J connectivity index is 1.53. The molecule has 0 saturated carbocycles. The molecule has 150 valence electrons. The summed E-state index contributed by atoms with van der Waals surface area (Å²) in [5.74, 6) is 0.273. The Labute approximate surface area is 180 Å². The predicted octanol–water partition coefficient (Wildman–Crippen LogP) is 5.40. The van der Waals surface area contributed by atoms with E-state index in [1.807, 2.05) is 0 Å². The fourth-order valence-electron chi connectivity index (χ4n) is 2.90. The van der Waals surface area contributed by atoms with Crippen LogP contribution in [0.2, 0.25) is 0 Å². The van der Waals surface area contributed by atoms with Crippen LogP contribution in [0.5, 0.6) is 0 Å². The number of thiocarbonyl (C=S) groups is 1. The average molecular weight is 440 g/mol. The van der Waals surface area contributed by atoms with Gasteiger partial charge in [0.2, 0.25) is 0 Å². The molecule has 2 aromatic carbocycles. The van der Waals surface area contributed by atoms with Crippen LogP contribution in [0.15, 0.2) is 70.0 Å². The molecule has 0 spiro atoms. The molecular formula is C21H13FN2O4S2. The lowest BCUT2D eigenvalue weighted by Crippen LogP contribution is -2.27. The van der Waals surface area contributed by atoms with E-state index in [0.717, 1.165) is 17.3 Å². The fraction of sp³-hybridized carbons (Fsp3) is 0.0476. The summed E-state index contributed by atoms with van der Waals surface area (Å²) in [4.78, 5) is 25.1. The first kappa shape index (κ1) is 20.0. The monoisotopic (exact) mass is 440 g/mol. The number of non-ortho nitro benzene ring substituents is 1. The highest BCUT2D eigenvalue weighted by Gasteiger charge is 2.32. The molecule has 1 aromatic heterocycles. The minimum absolute atomic E-state index is 0.0351. The SMILES string of the molecule is O=C1C(=Cc2ccc(-c3cccc([N+](=O)[O-])c3)o2)SC(=S)N1Cc1ccc(F)cc1. The molecule has 0 radical (unpaired) electrons. The van der Waals surface area contributed by atoms with Crippen molar-refractivity contribution in [3.63, 3.8) is 0 Å². The molecule has 9 heteroatoms. The van der Waals surface area contributed by atoms with Gasteiger partial charge >= 0.3 is 0 Å². The second kappa shape index (κ2) is 8.21. The summed E-state index contributed by atoms with van der Waals surface area (Å²) in [5.41, 5.74) is 1.29. The quantitative estimate of drug-likeness (QED) is 0.229. The molecule has 2 heterocycles. The van der Waals surface area contributed by atoms with Crippen LogP contribution in [0, 0.1) is 15.9 Å². The molecule has 0 N–H and O–H groups in total. The third kappa shape index (κ3) is 4.17. The van der Waals surface area contributed by atoms with Crippen LogP contribution in [0.1, 0.15) is 11.3 Å². The number of thioether (sulfide) groups is 1. The Kier molecular flexibility index (Phi) is 5.47. The molecule has 6 nitrogen and oxygen atoms in total. The topological polar surface area (TPSA) is 76.6 Å². The molecule has 1 saturated heterocycles. The van der Waals surface area contributed by atoms with Crippen molar-refractivity contribution in [3.8, 4) is 11.3 Å². The number of amides is 1. The summed E-state index contributed by atoms with van der Waals surface area (Å²) in [5, 5.41) is 11.0. The van der Waals surface area contributed by atoms with Crippen molar-refractivity contribution in [1.82, 2.24) is 4.90 Å². The van der Waals surface area contributed by atoms with Crippen molar-refractivity contribution >= 4 is 46.0 Å². The van der Waals surface area contributed by atoms with Crippen molar-refractivity contribution in [1.29, 1.82) is 0 Å². The first-order chi connectivity index (χ1) is 14.4. The van der Waals surface area contributed by atoms with E-state index in [9.17, 15) is 19.3 Å². The van der Waals surface area contributed by atoms with E-state index >= 15 is 0 Å². The highest BCUT2D eigenvalue weighted by atomic mass is 32.2. The standard InChI is InChI=1S/C21H13FN2O4S2/c22-15-6-4-13(5-7-15)12-23-20(25)19(30-21(23)29)11-17-8-9-18(28-17)14-2-1-3-16(10-14)24(26)27/h1-11H,12H2. The van der Waals surface area contributed by atoms with Gasteiger partial charge in [0.25, 0.3) is 11.6 Å². The van der Waals surface area contributed by atoms with Gasteiger partial charge in [-0.15, -0.1) is 0 Å². The van der Waals surface area contributed by atoms with Gasteiger partial charge in [0, 0.05) is 23.8 Å². The molecule has 0 atom stereocenters. The zero-order valence-electron chi connectivity index (χ0n) is 15.3. The number of rotatable bonds is 5. The Morgan fingerprint density at radius 1 is 1.17 bits per heavy atom. The highest BCUT2D eigenvalue weighted by molar-refractivity contribution is 8.26. The number of hydrogen-bond donors (Lipinski definition) is 0. The summed E-state index contributed by atoms with van der Waals surface area (Å²) in [6.07, 6.45) is 1.59. The molecule has 0 unspecified atom stereocenters. The summed E-state index contributed by atoms with van der Waals surface area (Å²) in [7, 11) is 0. The fourth-order valence-corrected chi connectivity index (χ4v) is 4.13. The van der Waals surface area contributed by atoms with E-state index in [2.05, 4.69) is 0 Å². The van der Waals surface area contributed by atoms with Gasteiger partial charge in [-0.25, -0.2) is 4.39 Å². The Bertz CT molecular complexity index is 1190. The van der Waals surface area contributed by atoms with Crippen molar-refractivity contribution in [3.05, 3.63) is 92.8 Å². The lowest BCUT2D eigenvalue weighted by molar-refractivity contribution is -0.384. The van der Waals surface area contributed by atoms with E-state index in [-0.39, 0.29) is 24.0 Å². The second-order valence-electron chi connectivity index (χ2n) is 6.40. The maximum absolute atomic E-state index is 13.1. The van der Waals surface area contributed by atoms with Crippen LogP contribution in [-0.4, -0.2) is 20.1 Å². The van der Waals surface area contributed by atoms with Gasteiger partial charge in [0.1, 0.15) is 21.7 Å². The van der Waals surface area contributed by atoms with Gasteiger partial charge in [-0.1, -0.05) is 48.2 Å². The van der Waals surface area contributed by atoms with Crippen LogP contribution in [-0.2, 0) is 11.3 Å². The number of carbonyl (C=O) groups is 1. The van der Waals surface area contributed by atoms with Crippen molar-refractivity contribution < 1.29 is 18.5 Å². The van der Waals surface area contributed by atoms with E-state index in [1.54, 1.807) is 42.5 Å². The number of hydrogen-bond acceptors (Lipinski definition) is 6. The minimum atomic E-state index is -0.472. The van der Waals surface area contributed by atoms with Crippen LogP contribution in [0.3, 0.4) is 0 Å². The van der Waals surface area contributed by atoms with E-state index < -0.39 is 4.92 Å². The lowest BCUT2D eigenvalue weighted by Gasteiger charge is -2.14. The number of halogens is 1. The van der Waals surface area contributed by atoms with Crippen molar-refractivity contribution in [2.45, 2.75) is 6.54 Å². The summed E-state index contributed by atoms with van der Waals surface area (Å²) < 4.78 is 19.2. The van der Waals surface area contributed by atoms with E-state index in [4.69, 9.17) is 16.6 Å². The molecule has 3 aromatic rings. The normalized spacial score (nSPS) is 15.2. The Morgan fingerprint density at radius 2 is 1.93 bits per heavy atom. The molecule has 0 aliphatic carbocycles. The minimum Gasteiger partial charge on any atom is -0.457 e. The van der Waals surface area contributed by atoms with E-state index in [0.29, 0.717) is 26.3 Å². The zero-order valence-corrected chi connectivity index (χ0v) is 16.9. The third-order valence-corrected chi connectivity index (χ3v) is 5.75. The smallest absolute Gasteiger partial charge is 0.270 e. The Hall–Kier alpha value is -3.30. The second-order valence-corrected chi connectivity index (χ2v) is 8.08. The Morgan fingerprint density at radius 3 is 2.67 bits per heavy atom. The molecule has 30 heavy (non-hydrogen) atoms. The number of carbonyl (C=O) groups excluding carboxylic acids is 1. The molecule has 1 aliphatic heterocycles. The summed E-state index contributed by atoms with van der Waals surface area (Å²) in [6, 6.07) is 15.4. The van der Waals surface area contributed by atoms with Gasteiger partial charge in [0.05, 0.1) is 16.4 Å². The summed E-state index contributed by atoms with van der Waals surface area (Å²) in [6.45, 7) is 0.249. The first-order valence-corrected chi connectivity index (χ1v) is 9.97. The van der Waals surface area contributed by atoms with Gasteiger partial charge in [-0.3, -0.25) is 19.8 Å². The molecule has 1 fully saturated rings. The van der Waals surface area contributed by atoms with Crippen LogP contribution >= 0.6 is 24.0 Å². The summed E-state index contributed by atoms with van der Waals surface area (Å²) >= 11 is 6.47. The zero-order chi connectivity index (χ0) is 21.3. The molecule has 1 amide bonds. The lowest BCUT2D eigenvalue weighted by atomic mass is 10.1. The van der Waals surface area contributed by atoms with Crippen LogP contribution < -0.4 is 0 Å². The van der Waals surface area contributed by atoms with Crippen LogP contribution in [0.25, 0.3) is 17.4 Å². The maximum Gasteiger partial charge on any atom is 0.270 e. The number of benzene rings is 2. The molecule has 4 rings (SSSR count). The van der Waals surface area contributed by atoms with Gasteiger partial charge < -0.3 is 4.42 Å². The van der Waals surface area contributed by atoms with Gasteiger partial charge in [-0.05, 0) is 29.8 Å². The molecule has 1 aliphatic rings. The highest BCUT2D eigenvalue weighted by Crippen LogP contribution is 2.35. The number of nitro benzene ring substituents is 1. The molecular weight excluding hydrogens is 427 g/mol. The largest absolute Gasteiger partial charge is 0.457 e. The predicted molar refractivity (Wildman–Crippen MR) is 116 cm³/mol. The van der Waals surface area contributed by atoms with Gasteiger partial charge in [-0.2, -0.15) is 0 Å². The number of furan rings is 1. The number of nitrogens with zero attached hydrogens (tertiary/aromatic N) is 2. The van der Waals surface area contributed by atoms with Gasteiger partial charge in [0.15, 0.2) is 0 Å². The maximum atomic E-state index is 13.1. The average Bonchev–Trinajstić information content (AvgIpc) is 3.30. The third-order valence-electron chi connectivity index (χ3n) is 4.37. The van der Waals surface area contributed by atoms with Crippen LogP contribution in [0.4, 0.5) is 10.1 Å².